The van der Waals surface area contributed by atoms with Crippen LogP contribution < -0.4 is 0 Å². The molecule has 4 nitrogen and oxygen atoms in total. The van der Waals surface area contributed by atoms with Crippen LogP contribution in [0.3, 0.4) is 0 Å². The monoisotopic (exact) mass is 260 g/mol. The van der Waals surface area contributed by atoms with Gasteiger partial charge in [-0.1, -0.05) is 6.07 Å². The van der Waals surface area contributed by atoms with E-state index >= 15 is 0 Å². The standard InChI is InChI=1S/C9H9FN2O2S2/c10-16(13,14)7-5-12-4-3-8(11-12)9-2-1-6-15-9/h1-4,6H,5,7H2. The van der Waals surface area contributed by atoms with Crippen molar-refractivity contribution in [2.75, 3.05) is 5.75 Å². The van der Waals surface area contributed by atoms with Crippen LogP contribution in [0.25, 0.3) is 10.6 Å². The molecular formula is C9H9FN2O2S2. The number of aromatic nitrogens is 2. The van der Waals surface area contributed by atoms with Crippen LogP contribution >= 0.6 is 11.3 Å². The predicted octanol–water partition coefficient (Wildman–Crippen LogP) is 1.91. The summed E-state index contributed by atoms with van der Waals surface area (Å²) in [6.45, 7) is 0.0320. The van der Waals surface area contributed by atoms with Crippen molar-refractivity contribution in [1.29, 1.82) is 0 Å². The van der Waals surface area contributed by atoms with Gasteiger partial charge >= 0.3 is 10.2 Å². The molecule has 0 atom stereocenters. The van der Waals surface area contributed by atoms with Crippen LogP contribution in [0.5, 0.6) is 0 Å². The molecule has 0 unspecified atom stereocenters. The summed E-state index contributed by atoms with van der Waals surface area (Å²) in [5.74, 6) is -0.543. The van der Waals surface area contributed by atoms with Crippen molar-refractivity contribution in [2.45, 2.75) is 6.54 Å². The predicted molar refractivity (Wildman–Crippen MR) is 60.4 cm³/mol. The average molecular weight is 260 g/mol. The minimum absolute atomic E-state index is 0.0320. The minimum Gasteiger partial charge on any atom is -0.271 e. The smallest absolute Gasteiger partial charge is 0.271 e. The molecule has 0 amide bonds. The van der Waals surface area contributed by atoms with Gasteiger partial charge in [-0.05, 0) is 17.5 Å². The van der Waals surface area contributed by atoms with Crippen LogP contribution in [0.15, 0.2) is 29.8 Å². The number of thiophene rings is 1. The Hall–Kier alpha value is -1.21. The fraction of sp³-hybridized carbons (Fsp3) is 0.222. The Morgan fingerprint density at radius 3 is 2.88 bits per heavy atom. The summed E-state index contributed by atoms with van der Waals surface area (Å²) in [6.07, 6.45) is 1.64. The highest BCUT2D eigenvalue weighted by Gasteiger charge is 2.08. The molecule has 0 spiro atoms. The van der Waals surface area contributed by atoms with Crippen molar-refractivity contribution in [1.82, 2.24) is 9.78 Å². The van der Waals surface area contributed by atoms with Crippen LogP contribution in [0.2, 0.25) is 0 Å². The molecule has 0 aromatic carbocycles. The number of nitrogens with zero attached hydrogens (tertiary/aromatic N) is 2. The molecule has 0 bridgehead atoms. The van der Waals surface area contributed by atoms with Crippen molar-refractivity contribution < 1.29 is 12.3 Å². The molecule has 0 aliphatic carbocycles. The molecule has 0 aliphatic heterocycles. The van der Waals surface area contributed by atoms with Crippen LogP contribution in [0.4, 0.5) is 3.89 Å². The molecule has 2 aromatic heterocycles. The van der Waals surface area contributed by atoms with Gasteiger partial charge in [-0.3, -0.25) is 4.68 Å². The first-order chi connectivity index (χ1) is 7.54. The van der Waals surface area contributed by atoms with Gasteiger partial charge in [-0.2, -0.15) is 13.5 Å². The van der Waals surface area contributed by atoms with Crippen molar-refractivity contribution >= 4 is 21.6 Å². The molecule has 0 fully saturated rings. The summed E-state index contributed by atoms with van der Waals surface area (Å²) in [5, 5.41) is 6.08. The fourth-order valence-corrected chi connectivity index (χ4v) is 2.34. The molecule has 0 radical (unpaired) electrons. The summed E-state index contributed by atoms with van der Waals surface area (Å²) in [6, 6.07) is 5.60. The molecule has 7 heteroatoms. The van der Waals surface area contributed by atoms with E-state index in [4.69, 9.17) is 0 Å². The van der Waals surface area contributed by atoms with E-state index in [0.29, 0.717) is 0 Å². The number of hydrogen-bond acceptors (Lipinski definition) is 4. The Labute approximate surface area is 96.6 Å². The van der Waals surface area contributed by atoms with Gasteiger partial charge in [0.2, 0.25) is 0 Å². The summed E-state index contributed by atoms with van der Waals surface area (Å²) in [7, 11) is -4.43. The van der Waals surface area contributed by atoms with Crippen LogP contribution in [0.1, 0.15) is 0 Å². The lowest BCUT2D eigenvalue weighted by molar-refractivity contribution is 0.540. The average Bonchev–Trinajstić information content (AvgIpc) is 2.84. The molecule has 86 valence electrons. The first kappa shape index (κ1) is 11.3. The first-order valence-corrected chi connectivity index (χ1v) is 6.97. The molecule has 2 rings (SSSR count). The summed E-state index contributed by atoms with van der Waals surface area (Å²) in [4.78, 5) is 1.00. The van der Waals surface area contributed by atoms with Gasteiger partial charge in [-0.15, -0.1) is 15.2 Å². The highest BCUT2D eigenvalue weighted by Crippen LogP contribution is 2.22. The van der Waals surface area contributed by atoms with E-state index in [0.717, 1.165) is 10.6 Å². The zero-order chi connectivity index (χ0) is 11.6. The largest absolute Gasteiger partial charge is 0.304 e. The highest BCUT2D eigenvalue weighted by atomic mass is 32.3. The van der Waals surface area contributed by atoms with Crippen molar-refractivity contribution in [3.63, 3.8) is 0 Å². The van der Waals surface area contributed by atoms with Gasteiger partial charge in [0.15, 0.2) is 0 Å². The van der Waals surface area contributed by atoms with Crippen molar-refractivity contribution in [3.05, 3.63) is 29.8 Å². The first-order valence-electron chi connectivity index (χ1n) is 4.54. The van der Waals surface area contributed by atoms with Gasteiger partial charge in [0.25, 0.3) is 0 Å². The SMILES string of the molecule is O=S(=O)(F)CCn1ccc(-c2cccs2)n1. The van der Waals surface area contributed by atoms with Crippen LogP contribution in [-0.4, -0.2) is 24.0 Å². The van der Waals surface area contributed by atoms with Crippen molar-refractivity contribution in [3.8, 4) is 10.6 Å². The third kappa shape index (κ3) is 2.89. The highest BCUT2D eigenvalue weighted by molar-refractivity contribution is 7.86. The van der Waals surface area contributed by atoms with Gasteiger partial charge in [0.05, 0.1) is 17.2 Å². The Bertz CT molecular complexity index is 560. The third-order valence-corrected chi connectivity index (χ3v) is 3.54. The topological polar surface area (TPSA) is 52.0 Å². The molecule has 0 aliphatic rings. The Kier molecular flexibility index (Phi) is 3.06. The lowest BCUT2D eigenvalue weighted by Crippen LogP contribution is -2.08. The minimum atomic E-state index is -4.43. The van der Waals surface area contributed by atoms with E-state index in [-0.39, 0.29) is 6.54 Å². The second kappa shape index (κ2) is 4.34. The summed E-state index contributed by atoms with van der Waals surface area (Å²) < 4.78 is 34.4. The van der Waals surface area contributed by atoms with E-state index in [1.54, 1.807) is 23.6 Å². The molecule has 0 saturated heterocycles. The number of halogens is 1. The lowest BCUT2D eigenvalue weighted by atomic mass is 10.3. The van der Waals surface area contributed by atoms with Crippen LogP contribution in [0, 0.1) is 0 Å². The van der Waals surface area contributed by atoms with Gasteiger partial charge < -0.3 is 0 Å². The third-order valence-electron chi connectivity index (χ3n) is 1.98. The maximum absolute atomic E-state index is 12.3. The van der Waals surface area contributed by atoms with Gasteiger partial charge in [0, 0.05) is 6.20 Å². The van der Waals surface area contributed by atoms with Crippen molar-refractivity contribution in [2.24, 2.45) is 0 Å². The molecule has 0 N–H and O–H groups in total. The Balaban J connectivity index is 2.09. The lowest BCUT2D eigenvalue weighted by Gasteiger charge is -1.97. The zero-order valence-electron chi connectivity index (χ0n) is 8.21. The van der Waals surface area contributed by atoms with Crippen LogP contribution in [-0.2, 0) is 16.8 Å². The molecule has 2 heterocycles. The Morgan fingerprint density at radius 2 is 2.25 bits per heavy atom. The summed E-state index contributed by atoms with van der Waals surface area (Å²) in [5.41, 5.74) is 0.770. The van der Waals surface area contributed by atoms with Gasteiger partial charge in [0.1, 0.15) is 5.69 Å². The second-order valence-corrected chi connectivity index (χ2v) is 5.62. The van der Waals surface area contributed by atoms with E-state index in [1.807, 2.05) is 17.5 Å². The zero-order valence-corrected chi connectivity index (χ0v) is 9.84. The van der Waals surface area contributed by atoms with E-state index in [1.165, 1.54) is 4.68 Å². The number of hydrogen-bond donors (Lipinski definition) is 0. The number of aryl methyl sites for hydroxylation is 1. The second-order valence-electron chi connectivity index (χ2n) is 3.18. The number of rotatable bonds is 4. The van der Waals surface area contributed by atoms with Gasteiger partial charge in [-0.25, -0.2) is 0 Å². The maximum atomic E-state index is 12.3. The quantitative estimate of drug-likeness (QED) is 0.789. The maximum Gasteiger partial charge on any atom is 0.304 e. The molecule has 0 saturated carbocycles. The molecule has 16 heavy (non-hydrogen) atoms. The molecule has 2 aromatic rings. The van der Waals surface area contributed by atoms with E-state index in [9.17, 15) is 12.3 Å². The summed E-state index contributed by atoms with van der Waals surface area (Å²) >= 11 is 1.54. The normalized spacial score (nSPS) is 11.8. The van der Waals surface area contributed by atoms with E-state index in [2.05, 4.69) is 5.10 Å². The Morgan fingerprint density at radius 1 is 1.44 bits per heavy atom. The fourth-order valence-electron chi connectivity index (χ4n) is 1.24. The van der Waals surface area contributed by atoms with E-state index < -0.39 is 16.0 Å². The molecular weight excluding hydrogens is 251 g/mol.